The maximum atomic E-state index is 13.5. The summed E-state index contributed by atoms with van der Waals surface area (Å²) in [4.78, 5) is 87.3. The fraction of sp³-hybridized carbons (Fsp3) is 0.318. The number of benzene rings is 3. The molecule has 3 aromatic rings. The third-order valence-electron chi connectivity index (χ3n) is 11.1. The second-order valence-corrected chi connectivity index (χ2v) is 14.3. The van der Waals surface area contributed by atoms with E-state index in [2.05, 4.69) is 69.0 Å². The van der Waals surface area contributed by atoms with E-state index < -0.39 is 46.4 Å². The van der Waals surface area contributed by atoms with Crippen molar-refractivity contribution in [3.8, 4) is 11.5 Å². The molecule has 14 heteroatoms. The zero-order valence-electron chi connectivity index (χ0n) is 33.0. The van der Waals surface area contributed by atoms with Crippen molar-refractivity contribution >= 4 is 58.1 Å². The molecule has 3 aromatic carbocycles. The highest BCUT2D eigenvalue weighted by molar-refractivity contribution is 6.36. The normalized spacial score (nSPS) is 18.1. The number of rotatable bonds is 10. The highest BCUT2D eigenvalue weighted by Gasteiger charge is 2.38. The molecule has 14 nitrogen and oxygen atoms in total. The molecule has 3 aliphatic heterocycles. The second kappa shape index (κ2) is 16.5. The number of nitrogens with zero attached hydrogens (tertiary/aromatic N) is 4. The van der Waals surface area contributed by atoms with E-state index >= 15 is 0 Å². The molecule has 2 fully saturated rings. The van der Waals surface area contributed by atoms with Crippen molar-refractivity contribution in [2.24, 2.45) is 0 Å². The largest absolute Gasteiger partial charge is 0.494 e. The number of allylic oxidation sites excluding steroid dienone is 2. The Hall–Kier alpha value is -6.54. The Morgan fingerprint density at radius 3 is 2.00 bits per heavy atom. The van der Waals surface area contributed by atoms with Crippen LogP contribution in [0.5, 0.6) is 11.5 Å². The summed E-state index contributed by atoms with van der Waals surface area (Å²) in [5.41, 5.74) is 3.77. The van der Waals surface area contributed by atoms with Gasteiger partial charge in [0.2, 0.25) is 0 Å². The predicted octanol–water partition coefficient (Wildman–Crippen LogP) is 1.82. The predicted molar refractivity (Wildman–Crippen MR) is 213 cm³/mol. The van der Waals surface area contributed by atoms with Crippen LogP contribution in [0.25, 0.3) is 11.5 Å². The van der Waals surface area contributed by atoms with Crippen LogP contribution in [0.3, 0.4) is 0 Å². The Balaban J connectivity index is 1.17. The summed E-state index contributed by atoms with van der Waals surface area (Å²) in [7, 11) is 0. The SMILES string of the molecule is CCN(CC)c1ccc2c(c1)Oc1cc([NH+](CC)CC)ccc1C2=c1ccccc1=C(O)N1CCN(C(=O)C2=CC(=O)C(C(=O)ON3C(=O)CCC3=O)=CC2=O)CC1. The first kappa shape index (κ1) is 39.7. The fourth-order valence-electron chi connectivity index (χ4n) is 7.87. The van der Waals surface area contributed by atoms with E-state index in [1.54, 1.807) is 4.90 Å². The molecule has 0 atom stereocenters. The van der Waals surface area contributed by atoms with E-state index in [1.807, 2.05) is 24.3 Å². The van der Waals surface area contributed by atoms with Crippen molar-refractivity contribution in [1.82, 2.24) is 14.9 Å². The number of aliphatic hydroxyl groups excluding tert-OH is 1. The molecule has 1 aliphatic carbocycles. The second-order valence-electron chi connectivity index (χ2n) is 14.3. The van der Waals surface area contributed by atoms with Gasteiger partial charge in [0.15, 0.2) is 17.4 Å². The third kappa shape index (κ3) is 7.38. The minimum atomic E-state index is -1.34. The number of fused-ring (bicyclic) bond motifs is 2. The van der Waals surface area contributed by atoms with Crippen LogP contribution in [0.15, 0.2) is 84.0 Å². The number of ketones is 2. The van der Waals surface area contributed by atoms with Crippen molar-refractivity contribution in [2.75, 3.05) is 57.3 Å². The molecule has 0 saturated carbocycles. The molecule has 3 heterocycles. The van der Waals surface area contributed by atoms with Crippen LogP contribution in [0.4, 0.5) is 11.4 Å². The van der Waals surface area contributed by atoms with E-state index in [0.717, 1.165) is 77.0 Å². The van der Waals surface area contributed by atoms with Crippen molar-refractivity contribution < 1.29 is 48.3 Å². The van der Waals surface area contributed by atoms with Crippen LogP contribution in [0, 0.1) is 0 Å². The number of hydrogen-bond donors (Lipinski definition) is 2. The van der Waals surface area contributed by atoms with Gasteiger partial charge in [-0.25, -0.2) is 4.79 Å². The number of amides is 3. The van der Waals surface area contributed by atoms with Crippen molar-refractivity contribution in [3.05, 3.63) is 106 Å². The molecular formula is C44H46N5O9+. The molecule has 7 rings (SSSR count). The van der Waals surface area contributed by atoms with Gasteiger partial charge in [-0.2, -0.15) is 0 Å². The zero-order valence-corrected chi connectivity index (χ0v) is 33.0. The summed E-state index contributed by atoms with van der Waals surface area (Å²) >= 11 is 0. The van der Waals surface area contributed by atoms with E-state index in [0.29, 0.717) is 11.3 Å². The van der Waals surface area contributed by atoms with Gasteiger partial charge in [-0.05, 0) is 63.2 Å². The molecule has 0 aromatic heterocycles. The van der Waals surface area contributed by atoms with Crippen LogP contribution >= 0.6 is 0 Å². The van der Waals surface area contributed by atoms with E-state index in [1.165, 1.54) is 9.80 Å². The summed E-state index contributed by atoms with van der Waals surface area (Å²) in [5, 5.41) is 13.6. The minimum Gasteiger partial charge on any atom is -0.494 e. The van der Waals surface area contributed by atoms with Crippen LogP contribution in [-0.2, 0) is 33.6 Å². The number of carbonyl (C=O) groups is 6. The van der Waals surface area contributed by atoms with Crippen molar-refractivity contribution in [3.63, 3.8) is 0 Å². The first-order chi connectivity index (χ1) is 28.0. The summed E-state index contributed by atoms with van der Waals surface area (Å²) in [5.74, 6) is -3.88. The third-order valence-corrected chi connectivity index (χ3v) is 11.1. The molecule has 0 unspecified atom stereocenters. The number of nitrogens with one attached hydrogen (secondary N) is 1. The zero-order chi connectivity index (χ0) is 41.2. The topological polar surface area (TPSA) is 159 Å². The minimum absolute atomic E-state index is 0.0259. The van der Waals surface area contributed by atoms with Crippen molar-refractivity contribution in [1.29, 1.82) is 0 Å². The summed E-state index contributed by atoms with van der Waals surface area (Å²) in [6.45, 7) is 12.8. The van der Waals surface area contributed by atoms with Crippen LogP contribution in [0.1, 0.15) is 51.7 Å². The standard InChI is InChI=1S/C44H45N5O9/c1-5-45(6-2)27-13-15-31-37(23-27)57-38-24-28(46(7-3)8-4)14-16-32(38)41(31)29-11-9-10-12-30(29)42(54)47-19-21-48(22-20-47)43(55)33-25-36(51)34(26-35(33)50)44(56)58-49-39(52)17-18-40(49)53/h9-16,23-26,54H,5-8,17-22H2,1-4H3/p+1. The van der Waals surface area contributed by atoms with Crippen LogP contribution < -0.4 is 25.0 Å². The number of aliphatic hydroxyl groups is 1. The molecule has 2 saturated heterocycles. The fourth-order valence-corrected chi connectivity index (χ4v) is 7.87. The first-order valence-electron chi connectivity index (χ1n) is 19.7. The summed E-state index contributed by atoms with van der Waals surface area (Å²) in [6.07, 6.45) is 1.19. The number of ether oxygens (including phenoxy) is 1. The lowest BCUT2D eigenvalue weighted by Crippen LogP contribution is -3.06. The van der Waals surface area contributed by atoms with Gasteiger partial charge in [0.1, 0.15) is 22.8 Å². The Bertz CT molecular complexity index is 2340. The molecule has 3 amide bonds. The maximum absolute atomic E-state index is 13.5. The van der Waals surface area contributed by atoms with Gasteiger partial charge >= 0.3 is 5.97 Å². The van der Waals surface area contributed by atoms with Gasteiger partial charge in [0.05, 0.1) is 18.7 Å². The lowest BCUT2D eigenvalue weighted by Gasteiger charge is -2.35. The molecule has 0 spiro atoms. The van der Waals surface area contributed by atoms with Gasteiger partial charge in [-0.1, -0.05) is 18.2 Å². The number of anilines is 1. The van der Waals surface area contributed by atoms with Gasteiger partial charge in [-0.3, -0.25) is 24.0 Å². The highest BCUT2D eigenvalue weighted by atomic mass is 16.7. The average molecular weight is 789 g/mol. The highest BCUT2D eigenvalue weighted by Crippen LogP contribution is 2.44. The Morgan fingerprint density at radius 1 is 0.759 bits per heavy atom. The van der Waals surface area contributed by atoms with E-state index in [-0.39, 0.29) is 50.0 Å². The number of piperazine rings is 1. The molecule has 0 radical (unpaired) electrons. The first-order valence-corrected chi connectivity index (χ1v) is 19.7. The van der Waals surface area contributed by atoms with E-state index in [9.17, 15) is 33.9 Å². The van der Waals surface area contributed by atoms with E-state index in [4.69, 9.17) is 9.57 Å². The molecule has 0 bridgehead atoms. The number of quaternary nitrogens is 1. The van der Waals surface area contributed by atoms with Crippen LogP contribution in [0.2, 0.25) is 0 Å². The molecule has 300 valence electrons. The quantitative estimate of drug-likeness (QED) is 0.137. The smallest absolute Gasteiger partial charge is 0.368 e. The number of hydroxylamine groups is 2. The molecule has 58 heavy (non-hydrogen) atoms. The van der Waals surface area contributed by atoms with Gasteiger partial charge in [-0.15, -0.1) is 5.06 Å². The van der Waals surface area contributed by atoms with Gasteiger partial charge in [0.25, 0.3) is 17.7 Å². The van der Waals surface area contributed by atoms with Gasteiger partial charge in [0, 0.05) is 104 Å². The average Bonchev–Trinajstić information content (AvgIpc) is 3.55. The van der Waals surface area contributed by atoms with Crippen LogP contribution in [-0.4, -0.2) is 108 Å². The summed E-state index contributed by atoms with van der Waals surface area (Å²) in [6, 6.07) is 20.2. The number of carbonyl (C=O) groups excluding carboxylic acids is 6. The summed E-state index contributed by atoms with van der Waals surface area (Å²) < 4.78 is 6.68. The molecule has 2 N–H and O–H groups in total. The molecule has 4 aliphatic rings. The maximum Gasteiger partial charge on any atom is 0.368 e. The Kier molecular flexibility index (Phi) is 11.3. The lowest BCUT2D eigenvalue weighted by atomic mass is 9.90. The lowest BCUT2D eigenvalue weighted by molar-refractivity contribution is -0.828. The molecular weight excluding hydrogens is 743 g/mol. The Morgan fingerprint density at radius 2 is 1.34 bits per heavy atom. The Labute approximate surface area is 335 Å². The number of hydrogen-bond acceptors (Lipinski definition) is 11. The van der Waals surface area contributed by atoms with Crippen molar-refractivity contribution in [2.45, 2.75) is 40.5 Å². The van der Waals surface area contributed by atoms with Gasteiger partial charge < -0.3 is 34.3 Å². The monoisotopic (exact) mass is 788 g/mol. The number of imide groups is 1.